The molecule has 0 aromatic rings. The quantitative estimate of drug-likeness (QED) is 0.427. The Morgan fingerprint density at radius 3 is 1.88 bits per heavy atom. The van der Waals surface area contributed by atoms with Gasteiger partial charge < -0.3 is 0 Å². The molecule has 48 valence electrons. The van der Waals surface area contributed by atoms with Crippen molar-refractivity contribution < 1.29 is 14.5 Å². The smallest absolute Gasteiger partial charge is 0.132 e. The second-order valence-corrected chi connectivity index (χ2v) is 2.27. The van der Waals surface area contributed by atoms with Crippen LogP contribution in [0.25, 0.3) is 0 Å². The fraction of sp³-hybridized carbons (Fsp3) is 1.00. The summed E-state index contributed by atoms with van der Waals surface area (Å²) in [5, 5.41) is 0. The van der Waals surface area contributed by atoms with E-state index in [0.29, 0.717) is 0 Å². The lowest BCUT2D eigenvalue weighted by Crippen LogP contribution is -2.43. The lowest BCUT2D eigenvalue weighted by atomic mass is 10.5. The van der Waals surface area contributed by atoms with Crippen LogP contribution in [0.1, 0.15) is 6.42 Å². The zero-order valence-electron chi connectivity index (χ0n) is 5.39. The van der Waals surface area contributed by atoms with Crippen molar-refractivity contribution in [3.05, 3.63) is 0 Å². The van der Waals surface area contributed by atoms with Crippen LogP contribution < -0.4 is 0 Å². The molecule has 0 N–H and O–H groups in total. The fourth-order valence-electron chi connectivity index (χ4n) is 0.665. The molecule has 1 aliphatic heterocycles. The lowest BCUT2D eigenvalue weighted by molar-refractivity contribution is -1.23. The van der Waals surface area contributed by atoms with E-state index in [4.69, 9.17) is 9.68 Å². The predicted octanol–water partition coefficient (Wildman–Crippen LogP) is 0.330. The zero-order chi connectivity index (χ0) is 6.04. The molecule has 8 heavy (non-hydrogen) atoms. The summed E-state index contributed by atoms with van der Waals surface area (Å²) >= 11 is 0. The van der Waals surface area contributed by atoms with Gasteiger partial charge in [0, 0.05) is 6.42 Å². The van der Waals surface area contributed by atoms with E-state index in [9.17, 15) is 0 Å². The van der Waals surface area contributed by atoms with Crippen molar-refractivity contribution in [2.45, 2.75) is 6.42 Å². The van der Waals surface area contributed by atoms with Crippen molar-refractivity contribution in [1.29, 1.82) is 0 Å². The normalized spacial score (nSPS) is 27.8. The molecule has 1 fully saturated rings. The minimum atomic E-state index is 0.250. The Morgan fingerprint density at radius 2 is 1.62 bits per heavy atom. The van der Waals surface area contributed by atoms with E-state index in [1.54, 1.807) is 0 Å². The Hall–Kier alpha value is -0.120. The van der Waals surface area contributed by atoms with E-state index in [1.807, 2.05) is 14.1 Å². The fourth-order valence-corrected chi connectivity index (χ4v) is 0.665. The van der Waals surface area contributed by atoms with Crippen LogP contribution in [-0.4, -0.2) is 32.1 Å². The molecule has 1 aliphatic rings. The number of hydrogen-bond acceptors (Lipinski definition) is 2. The molecule has 0 aliphatic carbocycles. The Morgan fingerprint density at radius 1 is 1.12 bits per heavy atom. The van der Waals surface area contributed by atoms with Gasteiger partial charge >= 0.3 is 0 Å². The van der Waals surface area contributed by atoms with Crippen LogP contribution in [-0.2, 0) is 9.68 Å². The highest BCUT2D eigenvalue weighted by molar-refractivity contribution is 4.29. The Labute approximate surface area is 49.3 Å². The highest BCUT2D eigenvalue weighted by Gasteiger charge is 2.22. The summed E-state index contributed by atoms with van der Waals surface area (Å²) in [7, 11) is 3.75. The molecule has 3 heteroatoms. The predicted molar refractivity (Wildman–Crippen MR) is 28.6 cm³/mol. The number of hydroxylamine groups is 4. The number of nitrogens with zero attached hydrogens (tertiary/aromatic N) is 1. The standard InChI is InChI=1S/C5H12NO2/c1-6(2)7-4-3-5-8-6/h3-5H2,1-2H3/q+1. The first-order valence-electron chi connectivity index (χ1n) is 2.84. The molecule has 0 aromatic carbocycles. The van der Waals surface area contributed by atoms with Crippen LogP contribution in [0.3, 0.4) is 0 Å². The van der Waals surface area contributed by atoms with E-state index < -0.39 is 0 Å². The SMILES string of the molecule is C[N+]1(C)OCCCO1. The van der Waals surface area contributed by atoms with Gasteiger partial charge in [-0.15, -0.1) is 0 Å². The summed E-state index contributed by atoms with van der Waals surface area (Å²) in [4.78, 5) is 10.6. The topological polar surface area (TPSA) is 18.5 Å². The summed E-state index contributed by atoms with van der Waals surface area (Å²) in [5.41, 5.74) is 0. The van der Waals surface area contributed by atoms with Crippen molar-refractivity contribution in [3.63, 3.8) is 0 Å². The van der Waals surface area contributed by atoms with Crippen LogP contribution >= 0.6 is 0 Å². The van der Waals surface area contributed by atoms with Crippen LogP contribution in [0.5, 0.6) is 0 Å². The monoisotopic (exact) mass is 118 g/mol. The Bertz CT molecular complexity index is 74.5. The average Bonchev–Trinajstić information content (AvgIpc) is 1.65. The van der Waals surface area contributed by atoms with Gasteiger partial charge in [0.2, 0.25) is 0 Å². The third-order valence-electron chi connectivity index (χ3n) is 1.09. The molecule has 1 rings (SSSR count). The number of hydrogen-bond donors (Lipinski definition) is 0. The van der Waals surface area contributed by atoms with E-state index >= 15 is 0 Å². The third-order valence-corrected chi connectivity index (χ3v) is 1.09. The van der Waals surface area contributed by atoms with Crippen molar-refractivity contribution in [2.24, 2.45) is 0 Å². The number of quaternary nitrogens is 1. The first-order valence-corrected chi connectivity index (χ1v) is 2.84. The molecule has 0 saturated carbocycles. The number of rotatable bonds is 0. The van der Waals surface area contributed by atoms with Gasteiger partial charge in [0.05, 0.1) is 0 Å². The van der Waals surface area contributed by atoms with E-state index in [-0.39, 0.29) is 4.81 Å². The first kappa shape index (κ1) is 6.01. The highest BCUT2D eigenvalue weighted by atomic mass is 17.0. The zero-order valence-corrected chi connectivity index (χ0v) is 5.39. The van der Waals surface area contributed by atoms with Gasteiger partial charge in [0.25, 0.3) is 0 Å². The van der Waals surface area contributed by atoms with Crippen LogP contribution in [0.2, 0.25) is 0 Å². The van der Waals surface area contributed by atoms with Gasteiger partial charge in [0.1, 0.15) is 27.3 Å². The van der Waals surface area contributed by atoms with Gasteiger partial charge in [-0.1, -0.05) is 0 Å². The maximum absolute atomic E-state index is 5.18. The maximum atomic E-state index is 5.18. The van der Waals surface area contributed by atoms with Crippen molar-refractivity contribution in [1.82, 2.24) is 0 Å². The van der Waals surface area contributed by atoms with Gasteiger partial charge in [-0.05, 0) is 4.81 Å². The maximum Gasteiger partial charge on any atom is 0.132 e. The summed E-state index contributed by atoms with van der Waals surface area (Å²) in [6.45, 7) is 1.62. The molecular weight excluding hydrogens is 106 g/mol. The van der Waals surface area contributed by atoms with Gasteiger partial charge in [-0.3, -0.25) is 0 Å². The molecular formula is C5H12NO2+. The van der Waals surface area contributed by atoms with E-state index in [0.717, 1.165) is 19.6 Å². The molecule has 3 nitrogen and oxygen atoms in total. The molecule has 0 unspecified atom stereocenters. The third kappa shape index (κ3) is 1.43. The molecule has 0 amide bonds. The highest BCUT2D eigenvalue weighted by Crippen LogP contribution is 2.07. The van der Waals surface area contributed by atoms with Gasteiger partial charge in [-0.2, -0.15) is 9.68 Å². The van der Waals surface area contributed by atoms with Crippen molar-refractivity contribution in [3.8, 4) is 0 Å². The summed E-state index contributed by atoms with van der Waals surface area (Å²) in [6, 6.07) is 0. The molecule has 1 saturated heterocycles. The summed E-state index contributed by atoms with van der Waals surface area (Å²) < 4.78 is 0. The molecule has 1 heterocycles. The molecule has 0 bridgehead atoms. The summed E-state index contributed by atoms with van der Waals surface area (Å²) in [5.74, 6) is 0. The van der Waals surface area contributed by atoms with E-state index in [2.05, 4.69) is 0 Å². The minimum absolute atomic E-state index is 0.250. The molecule has 0 atom stereocenters. The molecule has 0 radical (unpaired) electrons. The second-order valence-electron chi connectivity index (χ2n) is 2.27. The average molecular weight is 118 g/mol. The minimum Gasteiger partial charge on any atom is -0.168 e. The van der Waals surface area contributed by atoms with Crippen LogP contribution in [0.4, 0.5) is 0 Å². The largest absolute Gasteiger partial charge is 0.168 e. The second kappa shape index (κ2) is 2.01. The molecule has 0 spiro atoms. The van der Waals surface area contributed by atoms with Crippen LogP contribution in [0.15, 0.2) is 0 Å². The lowest BCUT2D eigenvalue weighted by Gasteiger charge is -2.27. The summed E-state index contributed by atoms with van der Waals surface area (Å²) in [6.07, 6.45) is 1.02. The Balaban J connectivity index is 2.33. The van der Waals surface area contributed by atoms with Gasteiger partial charge in [-0.25, -0.2) is 0 Å². The van der Waals surface area contributed by atoms with Crippen LogP contribution in [0, 0.1) is 0 Å². The van der Waals surface area contributed by atoms with Crippen molar-refractivity contribution >= 4 is 0 Å². The molecule has 0 aromatic heterocycles. The first-order chi connectivity index (χ1) is 3.71. The van der Waals surface area contributed by atoms with Crippen molar-refractivity contribution in [2.75, 3.05) is 27.3 Å². The van der Waals surface area contributed by atoms with Gasteiger partial charge in [0.15, 0.2) is 0 Å². The Kier molecular flexibility index (Phi) is 1.51. The van der Waals surface area contributed by atoms with E-state index in [1.165, 1.54) is 0 Å².